The van der Waals surface area contributed by atoms with Crippen LogP contribution >= 0.6 is 15.9 Å². The van der Waals surface area contributed by atoms with Crippen LogP contribution < -0.4 is 4.90 Å². The molecule has 1 amide bonds. The molecular weight excluding hydrogens is 457 g/mol. The smallest absolute Gasteiger partial charge is 0.368 e. The minimum absolute atomic E-state index is 0.156. The lowest BCUT2D eigenvalue weighted by Gasteiger charge is -2.60. The molecule has 6 rings (SSSR count). The van der Waals surface area contributed by atoms with Crippen molar-refractivity contribution in [2.75, 3.05) is 31.1 Å². The molecule has 0 spiro atoms. The van der Waals surface area contributed by atoms with E-state index in [1.807, 2.05) is 9.80 Å². The van der Waals surface area contributed by atoms with Crippen molar-refractivity contribution < 1.29 is 18.0 Å². The van der Waals surface area contributed by atoms with Crippen LogP contribution in [-0.4, -0.2) is 41.3 Å². The third-order valence-electron chi connectivity index (χ3n) is 7.81. The topological polar surface area (TPSA) is 23.6 Å². The van der Waals surface area contributed by atoms with Gasteiger partial charge in [-0.1, -0.05) is 22.0 Å². The lowest BCUT2D eigenvalue weighted by molar-refractivity contribution is -0.139. The summed E-state index contributed by atoms with van der Waals surface area (Å²) >= 11 is 4.02. The molecule has 0 aromatic heterocycles. The van der Waals surface area contributed by atoms with Crippen LogP contribution in [-0.2, 0) is 11.0 Å². The van der Waals surface area contributed by atoms with Crippen molar-refractivity contribution in [1.82, 2.24) is 4.90 Å². The molecule has 5 fully saturated rings. The Morgan fingerprint density at radius 2 is 1.73 bits per heavy atom. The van der Waals surface area contributed by atoms with Crippen molar-refractivity contribution >= 4 is 27.5 Å². The summed E-state index contributed by atoms with van der Waals surface area (Å²) in [5.41, 5.74) is 0.117. The van der Waals surface area contributed by atoms with Crippen molar-refractivity contribution in [3.63, 3.8) is 0 Å². The van der Waals surface area contributed by atoms with E-state index in [4.69, 9.17) is 0 Å². The van der Waals surface area contributed by atoms with E-state index in [9.17, 15) is 18.0 Å². The van der Waals surface area contributed by atoms with Crippen LogP contribution in [0.4, 0.5) is 18.9 Å². The fourth-order valence-corrected chi connectivity index (χ4v) is 8.58. The van der Waals surface area contributed by atoms with Crippen LogP contribution in [0.25, 0.3) is 0 Å². The first-order chi connectivity index (χ1) is 14.1. The lowest BCUT2D eigenvalue weighted by Crippen LogP contribution is -2.55. The molecule has 30 heavy (non-hydrogen) atoms. The zero-order chi connectivity index (χ0) is 21.1. The van der Waals surface area contributed by atoms with E-state index < -0.39 is 11.7 Å². The van der Waals surface area contributed by atoms with E-state index >= 15 is 0 Å². The average Bonchev–Trinajstić information content (AvgIpc) is 2.65. The number of rotatable bonds is 3. The maximum atomic E-state index is 13.2. The van der Waals surface area contributed by atoms with E-state index in [0.29, 0.717) is 38.3 Å². The number of benzene rings is 1. The van der Waals surface area contributed by atoms with Gasteiger partial charge in [0.05, 0.1) is 5.56 Å². The van der Waals surface area contributed by atoms with Gasteiger partial charge >= 0.3 is 6.18 Å². The third-order valence-corrected chi connectivity index (χ3v) is 8.74. The normalized spacial score (nSPS) is 35.7. The first kappa shape index (κ1) is 20.7. The van der Waals surface area contributed by atoms with Crippen molar-refractivity contribution in [2.45, 2.75) is 55.4 Å². The number of nitrogens with zero attached hydrogens (tertiary/aromatic N) is 2. The number of halogens is 4. The molecule has 164 valence electrons. The van der Waals surface area contributed by atoms with E-state index in [1.165, 1.54) is 44.2 Å². The molecule has 1 aromatic carbocycles. The molecule has 4 saturated carbocycles. The highest BCUT2D eigenvalue weighted by Gasteiger charge is 2.57. The van der Waals surface area contributed by atoms with Crippen LogP contribution in [0, 0.1) is 17.3 Å². The number of alkyl halides is 4. The summed E-state index contributed by atoms with van der Waals surface area (Å²) in [5.74, 6) is 1.75. The highest BCUT2D eigenvalue weighted by Crippen LogP contribution is 2.65. The van der Waals surface area contributed by atoms with Crippen LogP contribution in [0.15, 0.2) is 24.3 Å². The van der Waals surface area contributed by atoms with Gasteiger partial charge in [0, 0.05) is 42.6 Å². The van der Waals surface area contributed by atoms with Gasteiger partial charge in [0.1, 0.15) is 0 Å². The van der Waals surface area contributed by atoms with Crippen molar-refractivity contribution in [1.29, 1.82) is 0 Å². The van der Waals surface area contributed by atoms with Crippen LogP contribution in [0.3, 0.4) is 0 Å². The van der Waals surface area contributed by atoms with E-state index in [0.717, 1.165) is 24.3 Å². The van der Waals surface area contributed by atoms with Crippen LogP contribution in [0.1, 0.15) is 50.5 Å². The number of piperazine rings is 1. The molecule has 1 saturated heterocycles. The number of hydrogen-bond donors (Lipinski definition) is 0. The predicted octanol–water partition coefficient (Wildman–Crippen LogP) is 5.48. The fourth-order valence-electron chi connectivity index (χ4n) is 7.07. The monoisotopic (exact) mass is 484 g/mol. The molecule has 4 bridgehead atoms. The van der Waals surface area contributed by atoms with Gasteiger partial charge in [-0.3, -0.25) is 4.79 Å². The number of amides is 1. The first-order valence-corrected chi connectivity index (χ1v) is 11.8. The van der Waals surface area contributed by atoms with Crippen molar-refractivity contribution in [2.24, 2.45) is 17.3 Å². The van der Waals surface area contributed by atoms with Gasteiger partial charge in [0.15, 0.2) is 0 Å². The summed E-state index contributed by atoms with van der Waals surface area (Å²) in [6, 6.07) is 5.49. The second-order valence-electron chi connectivity index (χ2n) is 10.2. The second kappa shape index (κ2) is 7.14. The van der Waals surface area contributed by atoms with Gasteiger partial charge in [-0.25, -0.2) is 0 Å². The molecule has 0 unspecified atom stereocenters. The van der Waals surface area contributed by atoms with Gasteiger partial charge in [-0.05, 0) is 74.0 Å². The molecule has 1 aliphatic heterocycles. The lowest BCUT2D eigenvalue weighted by atomic mass is 9.48. The Morgan fingerprint density at radius 3 is 2.33 bits per heavy atom. The highest BCUT2D eigenvalue weighted by atomic mass is 79.9. The van der Waals surface area contributed by atoms with E-state index in [-0.39, 0.29) is 15.6 Å². The maximum absolute atomic E-state index is 13.2. The molecule has 5 aliphatic rings. The largest absolute Gasteiger partial charge is 0.416 e. The number of carbonyl (C=O) groups excluding carboxylic acids is 1. The molecular formula is C23H28BrF3N2O. The van der Waals surface area contributed by atoms with E-state index in [1.54, 1.807) is 6.07 Å². The number of anilines is 1. The molecule has 1 heterocycles. The summed E-state index contributed by atoms with van der Waals surface area (Å²) in [6.07, 6.45) is 3.64. The van der Waals surface area contributed by atoms with Crippen LogP contribution in [0.2, 0.25) is 0 Å². The highest BCUT2D eigenvalue weighted by molar-refractivity contribution is 9.10. The quantitative estimate of drug-likeness (QED) is 0.530. The zero-order valence-electron chi connectivity index (χ0n) is 17.1. The van der Waals surface area contributed by atoms with Gasteiger partial charge in [-0.15, -0.1) is 0 Å². The first-order valence-electron chi connectivity index (χ1n) is 11.0. The predicted molar refractivity (Wildman–Crippen MR) is 114 cm³/mol. The maximum Gasteiger partial charge on any atom is 0.416 e. The molecule has 0 N–H and O–H groups in total. The SMILES string of the molecule is O=C(CC12C[C@H]3C[C@@H](CC(Br)(C3)C1)C2)N1CCN(c2cccc(C(F)(F)F)c2)CC1. The summed E-state index contributed by atoms with van der Waals surface area (Å²) < 4.78 is 39.3. The van der Waals surface area contributed by atoms with Crippen LogP contribution in [0.5, 0.6) is 0 Å². The van der Waals surface area contributed by atoms with E-state index in [2.05, 4.69) is 15.9 Å². The Bertz CT molecular complexity index is 820. The molecule has 3 nitrogen and oxygen atoms in total. The standard InChI is InChI=1S/C23H28BrF3N2O/c24-22-12-16-8-17(13-22)11-21(10-16,15-22)14-20(30)29-6-4-28(5-7-29)19-3-1-2-18(9-19)23(25,26)27/h1-3,9,16-17H,4-8,10-15H2/t16-,17-,21?,22?/m1/s1. The van der Waals surface area contributed by atoms with Gasteiger partial charge in [0.25, 0.3) is 0 Å². The minimum Gasteiger partial charge on any atom is -0.368 e. The fraction of sp³-hybridized carbons (Fsp3) is 0.696. The van der Waals surface area contributed by atoms with Crippen molar-refractivity contribution in [3.05, 3.63) is 29.8 Å². The second-order valence-corrected chi connectivity index (χ2v) is 11.9. The molecule has 7 heteroatoms. The summed E-state index contributed by atoms with van der Waals surface area (Å²) in [4.78, 5) is 17.0. The Labute approximate surface area is 184 Å². The molecule has 0 radical (unpaired) electrons. The van der Waals surface area contributed by atoms with Crippen molar-refractivity contribution in [3.8, 4) is 0 Å². The van der Waals surface area contributed by atoms with Gasteiger partial charge < -0.3 is 9.80 Å². The number of hydrogen-bond acceptors (Lipinski definition) is 2. The summed E-state index contributed by atoms with van der Waals surface area (Å²) in [7, 11) is 0. The Hall–Kier alpha value is -1.24. The molecule has 4 aliphatic carbocycles. The zero-order valence-corrected chi connectivity index (χ0v) is 18.6. The minimum atomic E-state index is -4.33. The Kier molecular flexibility index (Phi) is 4.92. The average molecular weight is 485 g/mol. The van der Waals surface area contributed by atoms with Gasteiger partial charge in [0.2, 0.25) is 5.91 Å². The van der Waals surface area contributed by atoms with Gasteiger partial charge in [-0.2, -0.15) is 13.2 Å². The Morgan fingerprint density at radius 1 is 1.07 bits per heavy atom. The molecule has 2 atom stereocenters. The summed E-state index contributed by atoms with van der Waals surface area (Å²) in [5, 5.41) is 0. The Balaban J connectivity index is 1.21. The molecule has 1 aromatic rings. The summed E-state index contributed by atoms with van der Waals surface area (Å²) in [6.45, 7) is 2.32. The third kappa shape index (κ3) is 3.87. The number of carbonyl (C=O) groups is 1.